The van der Waals surface area contributed by atoms with Crippen LogP contribution >= 0.6 is 0 Å². The summed E-state index contributed by atoms with van der Waals surface area (Å²) < 4.78 is 13.1. The van der Waals surface area contributed by atoms with E-state index in [0.29, 0.717) is 12.1 Å². The van der Waals surface area contributed by atoms with E-state index in [9.17, 15) is 14.0 Å². The van der Waals surface area contributed by atoms with Crippen LogP contribution in [0.4, 0.5) is 4.39 Å². The van der Waals surface area contributed by atoms with Gasteiger partial charge in [0.2, 0.25) is 11.8 Å². The SMILES string of the molecule is CCN(CC(=O)NC(C)C)C(=O)Cc1cccc(F)c1. The lowest BCUT2D eigenvalue weighted by Gasteiger charge is -2.21. The Morgan fingerprint density at radius 3 is 2.60 bits per heavy atom. The van der Waals surface area contributed by atoms with E-state index >= 15 is 0 Å². The normalized spacial score (nSPS) is 10.4. The average Bonchev–Trinajstić information content (AvgIpc) is 2.34. The molecule has 5 heteroatoms. The average molecular weight is 280 g/mol. The van der Waals surface area contributed by atoms with E-state index in [-0.39, 0.29) is 36.6 Å². The van der Waals surface area contributed by atoms with Crippen LogP contribution in [0.25, 0.3) is 0 Å². The summed E-state index contributed by atoms with van der Waals surface area (Å²) in [4.78, 5) is 25.2. The van der Waals surface area contributed by atoms with Gasteiger partial charge in [0, 0.05) is 12.6 Å². The number of halogens is 1. The van der Waals surface area contributed by atoms with Crippen molar-refractivity contribution in [2.24, 2.45) is 0 Å². The summed E-state index contributed by atoms with van der Waals surface area (Å²) >= 11 is 0. The van der Waals surface area contributed by atoms with Gasteiger partial charge < -0.3 is 10.2 Å². The maximum atomic E-state index is 13.1. The smallest absolute Gasteiger partial charge is 0.239 e. The van der Waals surface area contributed by atoms with Crippen molar-refractivity contribution in [1.29, 1.82) is 0 Å². The van der Waals surface area contributed by atoms with Crippen LogP contribution in [-0.4, -0.2) is 35.8 Å². The lowest BCUT2D eigenvalue weighted by Crippen LogP contribution is -2.43. The Balaban J connectivity index is 2.61. The summed E-state index contributed by atoms with van der Waals surface area (Å²) in [7, 11) is 0. The molecule has 110 valence electrons. The van der Waals surface area contributed by atoms with Crippen LogP contribution < -0.4 is 5.32 Å². The number of nitrogens with zero attached hydrogens (tertiary/aromatic N) is 1. The number of rotatable bonds is 6. The lowest BCUT2D eigenvalue weighted by molar-refractivity contribution is -0.135. The molecule has 1 rings (SSSR count). The van der Waals surface area contributed by atoms with Crippen LogP contribution in [0.3, 0.4) is 0 Å². The van der Waals surface area contributed by atoms with E-state index in [2.05, 4.69) is 5.32 Å². The standard InChI is InChI=1S/C15H21FN2O2/c1-4-18(10-14(19)17-11(2)3)15(20)9-12-6-5-7-13(16)8-12/h5-8,11H,4,9-10H2,1-3H3,(H,17,19). The molecule has 0 aromatic heterocycles. The molecule has 0 aliphatic carbocycles. The predicted octanol–water partition coefficient (Wildman–Crippen LogP) is 1.74. The molecule has 0 unspecified atom stereocenters. The molecule has 1 aromatic rings. The molecule has 0 aliphatic rings. The Bertz CT molecular complexity index is 475. The van der Waals surface area contributed by atoms with Crippen LogP contribution in [0.1, 0.15) is 26.3 Å². The van der Waals surface area contributed by atoms with Gasteiger partial charge in [0.1, 0.15) is 5.82 Å². The van der Waals surface area contributed by atoms with Gasteiger partial charge in [-0.1, -0.05) is 12.1 Å². The van der Waals surface area contributed by atoms with E-state index in [1.54, 1.807) is 12.1 Å². The second-order valence-corrected chi connectivity index (χ2v) is 4.94. The number of carbonyl (C=O) groups excluding carboxylic acids is 2. The second kappa shape index (κ2) is 7.62. The van der Waals surface area contributed by atoms with Gasteiger partial charge in [-0.2, -0.15) is 0 Å². The van der Waals surface area contributed by atoms with Crippen molar-refractivity contribution in [1.82, 2.24) is 10.2 Å². The first-order valence-corrected chi connectivity index (χ1v) is 6.74. The highest BCUT2D eigenvalue weighted by Gasteiger charge is 2.16. The fraction of sp³-hybridized carbons (Fsp3) is 0.467. The van der Waals surface area contributed by atoms with Crippen LogP contribution in [-0.2, 0) is 16.0 Å². The summed E-state index contributed by atoms with van der Waals surface area (Å²) in [6.07, 6.45) is 0.0978. The van der Waals surface area contributed by atoms with Crippen LogP contribution in [0, 0.1) is 5.82 Å². The van der Waals surface area contributed by atoms with Crippen molar-refractivity contribution in [3.05, 3.63) is 35.6 Å². The third-order valence-electron chi connectivity index (χ3n) is 2.76. The van der Waals surface area contributed by atoms with E-state index in [0.717, 1.165) is 0 Å². The van der Waals surface area contributed by atoms with Crippen molar-refractivity contribution in [2.45, 2.75) is 33.2 Å². The first kappa shape index (κ1) is 16.1. The monoisotopic (exact) mass is 280 g/mol. The summed E-state index contributed by atoms with van der Waals surface area (Å²) in [6, 6.07) is 5.98. The molecule has 0 bridgehead atoms. The number of likely N-dealkylation sites (N-methyl/N-ethyl adjacent to an activating group) is 1. The molecule has 0 spiro atoms. The Kier molecular flexibility index (Phi) is 6.15. The van der Waals surface area contributed by atoms with Gasteiger partial charge in [0.25, 0.3) is 0 Å². The van der Waals surface area contributed by atoms with Gasteiger partial charge in [-0.05, 0) is 38.5 Å². The Hall–Kier alpha value is -1.91. The first-order chi connectivity index (χ1) is 9.42. The molecule has 4 nitrogen and oxygen atoms in total. The van der Waals surface area contributed by atoms with Crippen molar-refractivity contribution in [3.63, 3.8) is 0 Å². The molecule has 0 atom stereocenters. The van der Waals surface area contributed by atoms with E-state index in [1.807, 2.05) is 20.8 Å². The van der Waals surface area contributed by atoms with E-state index in [1.165, 1.54) is 17.0 Å². The number of amides is 2. The fourth-order valence-electron chi connectivity index (χ4n) is 1.85. The number of benzene rings is 1. The molecule has 20 heavy (non-hydrogen) atoms. The molecule has 2 amide bonds. The highest BCUT2D eigenvalue weighted by molar-refractivity contribution is 5.85. The van der Waals surface area contributed by atoms with Gasteiger partial charge in [-0.25, -0.2) is 4.39 Å². The molecule has 0 aliphatic heterocycles. The Morgan fingerprint density at radius 2 is 2.05 bits per heavy atom. The number of hydrogen-bond donors (Lipinski definition) is 1. The van der Waals surface area contributed by atoms with Crippen molar-refractivity contribution in [3.8, 4) is 0 Å². The van der Waals surface area contributed by atoms with E-state index < -0.39 is 0 Å². The van der Waals surface area contributed by atoms with Crippen LogP contribution in [0.15, 0.2) is 24.3 Å². The zero-order chi connectivity index (χ0) is 15.1. The molecule has 0 saturated heterocycles. The number of nitrogens with one attached hydrogen (secondary N) is 1. The van der Waals surface area contributed by atoms with Crippen molar-refractivity contribution >= 4 is 11.8 Å². The molecule has 0 saturated carbocycles. The van der Waals surface area contributed by atoms with Gasteiger partial charge in [0.15, 0.2) is 0 Å². The highest BCUT2D eigenvalue weighted by Crippen LogP contribution is 2.06. The topological polar surface area (TPSA) is 49.4 Å². The predicted molar refractivity (Wildman–Crippen MR) is 75.6 cm³/mol. The fourth-order valence-corrected chi connectivity index (χ4v) is 1.85. The number of hydrogen-bond acceptors (Lipinski definition) is 2. The third-order valence-corrected chi connectivity index (χ3v) is 2.76. The van der Waals surface area contributed by atoms with Gasteiger partial charge in [-0.15, -0.1) is 0 Å². The molecule has 0 fully saturated rings. The molecular formula is C15H21FN2O2. The maximum absolute atomic E-state index is 13.1. The highest BCUT2D eigenvalue weighted by atomic mass is 19.1. The summed E-state index contributed by atoms with van der Waals surface area (Å²) in [5.41, 5.74) is 0.609. The van der Waals surface area contributed by atoms with Gasteiger partial charge in [0.05, 0.1) is 13.0 Å². The third kappa shape index (κ3) is 5.38. The minimum atomic E-state index is -0.365. The minimum Gasteiger partial charge on any atom is -0.352 e. The summed E-state index contributed by atoms with van der Waals surface area (Å²) in [6.45, 7) is 6.01. The Morgan fingerprint density at radius 1 is 1.35 bits per heavy atom. The van der Waals surface area contributed by atoms with Crippen molar-refractivity contribution < 1.29 is 14.0 Å². The summed E-state index contributed by atoms with van der Waals surface area (Å²) in [5, 5.41) is 2.74. The first-order valence-electron chi connectivity index (χ1n) is 6.74. The van der Waals surface area contributed by atoms with Crippen molar-refractivity contribution in [2.75, 3.05) is 13.1 Å². The van der Waals surface area contributed by atoms with Gasteiger partial charge >= 0.3 is 0 Å². The molecule has 0 radical (unpaired) electrons. The molecule has 1 aromatic carbocycles. The second-order valence-electron chi connectivity index (χ2n) is 4.94. The van der Waals surface area contributed by atoms with Gasteiger partial charge in [-0.3, -0.25) is 9.59 Å². The van der Waals surface area contributed by atoms with Crippen LogP contribution in [0.5, 0.6) is 0 Å². The largest absolute Gasteiger partial charge is 0.352 e. The maximum Gasteiger partial charge on any atom is 0.239 e. The quantitative estimate of drug-likeness (QED) is 0.863. The lowest BCUT2D eigenvalue weighted by atomic mass is 10.1. The molecule has 0 heterocycles. The van der Waals surface area contributed by atoms with E-state index in [4.69, 9.17) is 0 Å². The zero-order valence-electron chi connectivity index (χ0n) is 12.1. The van der Waals surface area contributed by atoms with Crippen LogP contribution in [0.2, 0.25) is 0 Å². The Labute approximate surface area is 119 Å². The summed E-state index contributed by atoms with van der Waals surface area (Å²) in [5.74, 6) is -0.734. The molecular weight excluding hydrogens is 259 g/mol. The number of carbonyl (C=O) groups is 2. The minimum absolute atomic E-state index is 0.0306. The molecule has 1 N–H and O–H groups in total. The zero-order valence-corrected chi connectivity index (χ0v) is 12.1.